The van der Waals surface area contributed by atoms with Gasteiger partial charge in [-0.15, -0.1) is 11.3 Å². The first kappa shape index (κ1) is 14.8. The van der Waals surface area contributed by atoms with E-state index in [9.17, 15) is 4.79 Å². The molecule has 1 atom stereocenters. The lowest BCUT2D eigenvalue weighted by molar-refractivity contribution is -0.118. The van der Waals surface area contributed by atoms with Crippen molar-refractivity contribution in [2.45, 2.75) is 19.9 Å². The van der Waals surface area contributed by atoms with Crippen molar-refractivity contribution in [3.8, 4) is 22.8 Å². The monoisotopic (exact) mass is 319 g/mol. The molecular formula is C15H17N3O3S. The van der Waals surface area contributed by atoms with Gasteiger partial charge in [0.05, 0.1) is 11.7 Å². The van der Waals surface area contributed by atoms with E-state index in [0.717, 1.165) is 17.0 Å². The molecule has 0 aliphatic carbocycles. The lowest BCUT2D eigenvalue weighted by atomic mass is 10.1. The summed E-state index contributed by atoms with van der Waals surface area (Å²) in [6.07, 6.45) is 0. The van der Waals surface area contributed by atoms with Gasteiger partial charge in [0.25, 0.3) is 0 Å². The molecule has 2 heterocycles. The molecule has 6 nitrogen and oxygen atoms in total. The Labute approximate surface area is 132 Å². The fraction of sp³-hybridized carbons (Fsp3) is 0.333. The molecule has 3 N–H and O–H groups in total. The highest BCUT2D eigenvalue weighted by atomic mass is 32.1. The van der Waals surface area contributed by atoms with E-state index in [1.165, 1.54) is 11.3 Å². The van der Waals surface area contributed by atoms with Gasteiger partial charge < -0.3 is 20.5 Å². The Morgan fingerprint density at radius 2 is 2.14 bits per heavy atom. The smallest absolute Gasteiger partial charge is 0.243 e. The van der Waals surface area contributed by atoms with Crippen LogP contribution in [0.1, 0.15) is 13.8 Å². The number of ether oxygens (including phenoxy) is 2. The van der Waals surface area contributed by atoms with Crippen molar-refractivity contribution in [3.05, 3.63) is 23.6 Å². The number of aromatic nitrogens is 1. The summed E-state index contributed by atoms with van der Waals surface area (Å²) in [7, 11) is 0. The van der Waals surface area contributed by atoms with Crippen molar-refractivity contribution in [1.29, 1.82) is 0 Å². The lowest BCUT2D eigenvalue weighted by Crippen LogP contribution is -2.39. The van der Waals surface area contributed by atoms with Crippen LogP contribution >= 0.6 is 11.3 Å². The van der Waals surface area contributed by atoms with Gasteiger partial charge in [-0.05, 0) is 24.1 Å². The molecule has 22 heavy (non-hydrogen) atoms. The maximum absolute atomic E-state index is 11.9. The largest absolute Gasteiger partial charge is 0.454 e. The molecule has 0 saturated heterocycles. The average Bonchev–Trinajstić information content (AvgIpc) is 3.13. The Kier molecular flexibility index (Phi) is 4.00. The number of carbonyl (C=O) groups is 1. The highest BCUT2D eigenvalue weighted by Crippen LogP contribution is 2.36. The highest BCUT2D eigenvalue weighted by molar-refractivity contribution is 7.14. The maximum atomic E-state index is 11.9. The second-order valence-electron chi connectivity index (χ2n) is 5.36. The molecule has 1 aromatic carbocycles. The van der Waals surface area contributed by atoms with Crippen LogP contribution in [0.15, 0.2) is 23.6 Å². The van der Waals surface area contributed by atoms with Gasteiger partial charge >= 0.3 is 0 Å². The zero-order chi connectivity index (χ0) is 15.7. The van der Waals surface area contributed by atoms with Crippen molar-refractivity contribution in [3.63, 3.8) is 0 Å². The van der Waals surface area contributed by atoms with Crippen LogP contribution in [-0.2, 0) is 4.79 Å². The maximum Gasteiger partial charge on any atom is 0.243 e. The van der Waals surface area contributed by atoms with Crippen molar-refractivity contribution < 1.29 is 14.3 Å². The molecule has 0 saturated carbocycles. The average molecular weight is 319 g/mol. The number of carbonyl (C=O) groups excluding carboxylic acids is 1. The summed E-state index contributed by atoms with van der Waals surface area (Å²) in [5, 5.41) is 5.17. The summed E-state index contributed by atoms with van der Waals surface area (Å²) in [5.74, 6) is 1.29. The molecule has 7 heteroatoms. The second-order valence-corrected chi connectivity index (χ2v) is 6.22. The minimum absolute atomic E-state index is 0.0771. The Balaban J connectivity index is 1.75. The van der Waals surface area contributed by atoms with E-state index < -0.39 is 6.04 Å². The van der Waals surface area contributed by atoms with Crippen molar-refractivity contribution in [1.82, 2.24) is 4.98 Å². The second kappa shape index (κ2) is 5.94. The van der Waals surface area contributed by atoms with Gasteiger partial charge in [0.15, 0.2) is 16.6 Å². The van der Waals surface area contributed by atoms with E-state index in [4.69, 9.17) is 15.2 Å². The van der Waals surface area contributed by atoms with Crippen molar-refractivity contribution in [2.24, 2.45) is 11.7 Å². The summed E-state index contributed by atoms with van der Waals surface area (Å²) in [6, 6.07) is 5.10. The van der Waals surface area contributed by atoms with Gasteiger partial charge in [0.1, 0.15) is 0 Å². The van der Waals surface area contributed by atoms with Crippen LogP contribution < -0.4 is 20.5 Å². The number of anilines is 1. The van der Waals surface area contributed by atoms with E-state index >= 15 is 0 Å². The minimum atomic E-state index is -0.544. The van der Waals surface area contributed by atoms with E-state index in [1.807, 2.05) is 37.4 Å². The van der Waals surface area contributed by atoms with Crippen LogP contribution in [0.5, 0.6) is 11.5 Å². The number of amides is 1. The number of nitrogens with zero attached hydrogens (tertiary/aromatic N) is 1. The van der Waals surface area contributed by atoms with Crippen LogP contribution in [0, 0.1) is 5.92 Å². The first-order chi connectivity index (χ1) is 10.5. The third kappa shape index (κ3) is 2.90. The van der Waals surface area contributed by atoms with Gasteiger partial charge in [-0.25, -0.2) is 4.98 Å². The zero-order valence-electron chi connectivity index (χ0n) is 12.3. The minimum Gasteiger partial charge on any atom is -0.454 e. The van der Waals surface area contributed by atoms with Crippen LogP contribution in [0.25, 0.3) is 11.3 Å². The van der Waals surface area contributed by atoms with Crippen LogP contribution in [0.3, 0.4) is 0 Å². The predicted octanol–water partition coefficient (Wildman–Crippen LogP) is 2.46. The SMILES string of the molecule is CC(C)[C@H](N)C(=O)Nc1nc(-c2ccc3c(c2)OCO3)cs1. The van der Waals surface area contributed by atoms with Crippen molar-refractivity contribution in [2.75, 3.05) is 12.1 Å². The number of hydrogen-bond acceptors (Lipinski definition) is 6. The molecule has 1 aliphatic rings. The molecule has 0 fully saturated rings. The fourth-order valence-electron chi connectivity index (χ4n) is 2.01. The molecule has 2 aromatic rings. The molecule has 0 spiro atoms. The summed E-state index contributed by atoms with van der Waals surface area (Å²) in [4.78, 5) is 16.4. The number of fused-ring (bicyclic) bond motifs is 1. The lowest BCUT2D eigenvalue weighted by Gasteiger charge is -2.13. The standard InChI is InChI=1S/C15H17N3O3S/c1-8(2)13(16)14(19)18-15-17-10(6-22-15)9-3-4-11-12(5-9)21-7-20-11/h3-6,8,13H,7,16H2,1-2H3,(H,17,18,19)/t13-/m0/s1. The van der Waals surface area contributed by atoms with E-state index in [0.29, 0.717) is 10.9 Å². The molecule has 0 bridgehead atoms. The number of nitrogens with one attached hydrogen (secondary N) is 1. The number of hydrogen-bond donors (Lipinski definition) is 2. The molecule has 1 aliphatic heterocycles. The molecule has 0 unspecified atom stereocenters. The van der Waals surface area contributed by atoms with Crippen LogP contribution in [0.4, 0.5) is 5.13 Å². The Morgan fingerprint density at radius 1 is 1.36 bits per heavy atom. The number of benzene rings is 1. The van der Waals surface area contributed by atoms with Crippen LogP contribution in [-0.4, -0.2) is 23.7 Å². The normalized spacial score (nSPS) is 14.2. The first-order valence-electron chi connectivity index (χ1n) is 6.96. The summed E-state index contributed by atoms with van der Waals surface area (Å²) < 4.78 is 10.6. The van der Waals surface area contributed by atoms with Gasteiger partial charge in [-0.1, -0.05) is 13.8 Å². The molecule has 116 valence electrons. The molecule has 3 rings (SSSR count). The third-order valence-corrected chi connectivity index (χ3v) is 4.18. The van der Waals surface area contributed by atoms with Gasteiger partial charge in [-0.2, -0.15) is 0 Å². The molecule has 1 amide bonds. The fourth-order valence-corrected chi connectivity index (χ4v) is 2.73. The third-order valence-electron chi connectivity index (χ3n) is 3.42. The van der Waals surface area contributed by atoms with Crippen molar-refractivity contribution >= 4 is 22.4 Å². The zero-order valence-corrected chi connectivity index (χ0v) is 13.1. The molecule has 0 radical (unpaired) electrons. The Bertz CT molecular complexity index is 699. The van der Waals surface area contributed by atoms with Gasteiger partial charge in [0, 0.05) is 10.9 Å². The summed E-state index contributed by atoms with van der Waals surface area (Å²) >= 11 is 1.36. The van der Waals surface area contributed by atoms with E-state index in [1.54, 1.807) is 0 Å². The Morgan fingerprint density at radius 3 is 2.91 bits per heavy atom. The quantitative estimate of drug-likeness (QED) is 0.904. The summed E-state index contributed by atoms with van der Waals surface area (Å²) in [5.41, 5.74) is 7.51. The number of nitrogens with two attached hydrogens (primary N) is 1. The highest BCUT2D eigenvalue weighted by Gasteiger charge is 2.19. The number of thiazole rings is 1. The Hall–Kier alpha value is -2.12. The van der Waals surface area contributed by atoms with Gasteiger partial charge in [0.2, 0.25) is 12.7 Å². The molecule has 1 aromatic heterocycles. The summed E-state index contributed by atoms with van der Waals surface area (Å²) in [6.45, 7) is 4.05. The predicted molar refractivity (Wildman–Crippen MR) is 85.1 cm³/mol. The number of rotatable bonds is 4. The topological polar surface area (TPSA) is 86.5 Å². The van der Waals surface area contributed by atoms with Gasteiger partial charge in [-0.3, -0.25) is 4.79 Å². The first-order valence-corrected chi connectivity index (χ1v) is 7.84. The van der Waals surface area contributed by atoms with E-state index in [2.05, 4.69) is 10.3 Å². The van der Waals surface area contributed by atoms with E-state index in [-0.39, 0.29) is 18.6 Å². The van der Waals surface area contributed by atoms with Crippen LogP contribution in [0.2, 0.25) is 0 Å². The molecular weight excluding hydrogens is 302 g/mol.